The molecule has 1 aromatic rings. The smallest absolute Gasteiger partial charge is 0.339 e. The van der Waals surface area contributed by atoms with Gasteiger partial charge in [0.25, 0.3) is 0 Å². The van der Waals surface area contributed by atoms with Crippen LogP contribution < -0.4 is 10.1 Å². The molecular weight excluding hydrogens is 252 g/mol. The maximum atomic E-state index is 11.3. The van der Waals surface area contributed by atoms with Crippen LogP contribution >= 0.6 is 0 Å². The van der Waals surface area contributed by atoms with Crippen molar-refractivity contribution in [2.24, 2.45) is 0 Å². The van der Waals surface area contributed by atoms with Crippen LogP contribution in [-0.4, -0.2) is 47.6 Å². The maximum Gasteiger partial charge on any atom is 0.339 e. The number of carboxylic acids is 1. The van der Waals surface area contributed by atoms with E-state index in [2.05, 4.69) is 5.32 Å². The molecule has 0 spiro atoms. The summed E-state index contributed by atoms with van der Waals surface area (Å²) in [6.07, 6.45) is 0. The minimum Gasteiger partial charge on any atom is -0.491 e. The fourth-order valence-corrected chi connectivity index (χ4v) is 1.70. The van der Waals surface area contributed by atoms with Gasteiger partial charge in [0.05, 0.1) is 13.1 Å². The number of aromatic carboxylic acids is 1. The number of para-hydroxylation sites is 1. The predicted octanol–water partition coefficient (Wildman–Crippen LogP) is 0.315. The highest BCUT2D eigenvalue weighted by molar-refractivity contribution is 6.01. The molecule has 2 N–H and O–H groups in total. The lowest BCUT2D eigenvalue weighted by Gasteiger charge is -2.13. The van der Waals surface area contributed by atoms with Crippen molar-refractivity contribution in [3.63, 3.8) is 0 Å². The number of nitrogens with one attached hydrogen (secondary N) is 1. The van der Waals surface area contributed by atoms with E-state index in [1.54, 1.807) is 12.1 Å². The molecule has 2 rings (SSSR count). The summed E-state index contributed by atoms with van der Waals surface area (Å²) < 4.78 is 5.30. The molecular formula is C12H12N2O5. The molecule has 0 unspecified atom stereocenters. The van der Waals surface area contributed by atoms with Gasteiger partial charge in [-0.15, -0.1) is 0 Å². The van der Waals surface area contributed by atoms with Crippen LogP contribution in [0.25, 0.3) is 0 Å². The van der Waals surface area contributed by atoms with Crippen molar-refractivity contribution < 1.29 is 24.2 Å². The third-order valence-corrected chi connectivity index (χ3v) is 2.63. The van der Waals surface area contributed by atoms with Crippen LogP contribution in [0, 0.1) is 0 Å². The highest BCUT2D eigenvalue weighted by Crippen LogP contribution is 2.17. The van der Waals surface area contributed by atoms with Gasteiger partial charge in [-0.2, -0.15) is 0 Å². The van der Waals surface area contributed by atoms with E-state index in [0.29, 0.717) is 0 Å². The van der Waals surface area contributed by atoms with Gasteiger partial charge in [-0.05, 0) is 12.1 Å². The number of benzene rings is 1. The summed E-state index contributed by atoms with van der Waals surface area (Å²) >= 11 is 0. The monoisotopic (exact) mass is 264 g/mol. The minimum absolute atomic E-state index is 0.00938. The summed E-state index contributed by atoms with van der Waals surface area (Å²) in [4.78, 5) is 34.5. The fraction of sp³-hybridized carbons (Fsp3) is 0.250. The van der Waals surface area contributed by atoms with Crippen LogP contribution in [0.3, 0.4) is 0 Å². The standard InChI is InChI=1S/C12H12N2O5/c15-10-7-13-12(18)14(10)5-6-19-9-4-2-1-3-8(9)11(16)17/h1-4H,5-7H2,(H,13,18)(H,16,17). The lowest BCUT2D eigenvalue weighted by atomic mass is 10.2. The fourth-order valence-electron chi connectivity index (χ4n) is 1.70. The van der Waals surface area contributed by atoms with Crippen molar-refractivity contribution in [2.45, 2.75) is 0 Å². The van der Waals surface area contributed by atoms with Crippen LogP contribution in [-0.2, 0) is 4.79 Å². The Balaban J connectivity index is 1.94. The number of nitrogens with zero attached hydrogens (tertiary/aromatic N) is 1. The molecule has 1 heterocycles. The molecule has 0 saturated carbocycles. The van der Waals surface area contributed by atoms with Gasteiger partial charge < -0.3 is 15.2 Å². The molecule has 7 heteroatoms. The van der Waals surface area contributed by atoms with E-state index in [1.807, 2.05) is 0 Å². The van der Waals surface area contributed by atoms with Gasteiger partial charge >= 0.3 is 12.0 Å². The molecule has 1 aliphatic heterocycles. The summed E-state index contributed by atoms with van der Waals surface area (Å²) in [6, 6.07) is 5.73. The molecule has 0 radical (unpaired) electrons. The normalized spacial score (nSPS) is 14.4. The SMILES string of the molecule is O=C(O)c1ccccc1OCCN1C(=O)CNC1=O. The first kappa shape index (κ1) is 12.9. The zero-order chi connectivity index (χ0) is 13.8. The Kier molecular flexibility index (Phi) is 3.65. The highest BCUT2D eigenvalue weighted by atomic mass is 16.5. The molecule has 100 valence electrons. The number of ether oxygens (including phenoxy) is 1. The Labute approximate surface area is 108 Å². The number of carbonyl (C=O) groups excluding carboxylic acids is 2. The van der Waals surface area contributed by atoms with Crippen molar-refractivity contribution in [1.29, 1.82) is 0 Å². The summed E-state index contributed by atoms with van der Waals surface area (Å²) in [5.74, 6) is -1.20. The van der Waals surface area contributed by atoms with E-state index in [1.165, 1.54) is 12.1 Å². The van der Waals surface area contributed by atoms with Gasteiger partial charge in [-0.25, -0.2) is 9.59 Å². The van der Waals surface area contributed by atoms with Crippen molar-refractivity contribution in [1.82, 2.24) is 10.2 Å². The van der Waals surface area contributed by atoms with Crippen LogP contribution in [0.15, 0.2) is 24.3 Å². The number of imide groups is 1. The number of hydrogen-bond donors (Lipinski definition) is 2. The van der Waals surface area contributed by atoms with Gasteiger partial charge in [0.1, 0.15) is 17.9 Å². The second kappa shape index (κ2) is 5.38. The largest absolute Gasteiger partial charge is 0.491 e. The first-order chi connectivity index (χ1) is 9.09. The number of carboxylic acid groups (broad SMARTS) is 1. The van der Waals surface area contributed by atoms with E-state index < -0.39 is 12.0 Å². The average molecular weight is 264 g/mol. The lowest BCUT2D eigenvalue weighted by Crippen LogP contribution is -2.34. The Hall–Kier alpha value is -2.57. The van der Waals surface area contributed by atoms with Crippen LogP contribution in [0.4, 0.5) is 4.79 Å². The molecule has 1 saturated heterocycles. The number of hydrogen-bond acceptors (Lipinski definition) is 4. The molecule has 0 aliphatic carbocycles. The van der Waals surface area contributed by atoms with E-state index in [9.17, 15) is 14.4 Å². The average Bonchev–Trinajstić information content (AvgIpc) is 2.70. The highest BCUT2D eigenvalue weighted by Gasteiger charge is 2.28. The molecule has 0 aromatic heterocycles. The Morgan fingerprint density at radius 3 is 2.74 bits per heavy atom. The Bertz CT molecular complexity index is 513. The summed E-state index contributed by atoms with van der Waals surface area (Å²) in [5, 5.41) is 11.3. The molecule has 0 bridgehead atoms. The summed E-state index contributed by atoms with van der Waals surface area (Å²) in [7, 11) is 0. The third-order valence-electron chi connectivity index (χ3n) is 2.63. The van der Waals surface area contributed by atoms with Crippen LogP contribution in [0.2, 0.25) is 0 Å². The van der Waals surface area contributed by atoms with Gasteiger partial charge in [0.2, 0.25) is 5.91 Å². The first-order valence-electron chi connectivity index (χ1n) is 5.63. The van der Waals surface area contributed by atoms with Crippen LogP contribution in [0.5, 0.6) is 5.75 Å². The van der Waals surface area contributed by atoms with E-state index in [-0.39, 0.29) is 36.9 Å². The molecule has 7 nitrogen and oxygen atoms in total. The minimum atomic E-state index is -1.09. The van der Waals surface area contributed by atoms with E-state index in [4.69, 9.17) is 9.84 Å². The second-order valence-corrected chi connectivity index (χ2v) is 3.85. The summed E-state index contributed by atoms with van der Waals surface area (Å²) in [6.45, 7) is 0.118. The van der Waals surface area contributed by atoms with Crippen LogP contribution in [0.1, 0.15) is 10.4 Å². The first-order valence-corrected chi connectivity index (χ1v) is 5.63. The number of carbonyl (C=O) groups is 3. The zero-order valence-electron chi connectivity index (χ0n) is 9.96. The maximum absolute atomic E-state index is 11.3. The Morgan fingerprint density at radius 1 is 1.37 bits per heavy atom. The molecule has 1 aromatic carbocycles. The van der Waals surface area contributed by atoms with Gasteiger partial charge in [-0.3, -0.25) is 9.69 Å². The molecule has 1 aliphatic rings. The van der Waals surface area contributed by atoms with E-state index >= 15 is 0 Å². The topological polar surface area (TPSA) is 95.9 Å². The van der Waals surface area contributed by atoms with Crippen molar-refractivity contribution in [3.8, 4) is 5.75 Å². The molecule has 19 heavy (non-hydrogen) atoms. The van der Waals surface area contributed by atoms with Gasteiger partial charge in [0.15, 0.2) is 0 Å². The number of amides is 3. The van der Waals surface area contributed by atoms with Gasteiger partial charge in [0, 0.05) is 0 Å². The Morgan fingerprint density at radius 2 is 2.11 bits per heavy atom. The number of rotatable bonds is 5. The van der Waals surface area contributed by atoms with Gasteiger partial charge in [-0.1, -0.05) is 12.1 Å². The van der Waals surface area contributed by atoms with Crippen molar-refractivity contribution in [3.05, 3.63) is 29.8 Å². The number of urea groups is 1. The second-order valence-electron chi connectivity index (χ2n) is 3.85. The quantitative estimate of drug-likeness (QED) is 0.746. The van der Waals surface area contributed by atoms with Crippen molar-refractivity contribution in [2.75, 3.05) is 19.7 Å². The third kappa shape index (κ3) is 2.82. The lowest BCUT2D eigenvalue weighted by molar-refractivity contribution is -0.125. The zero-order valence-corrected chi connectivity index (χ0v) is 9.96. The van der Waals surface area contributed by atoms with Crippen molar-refractivity contribution >= 4 is 17.9 Å². The summed E-state index contributed by atoms with van der Waals surface area (Å²) in [5.41, 5.74) is 0.0414. The molecule has 0 atom stereocenters. The van der Waals surface area contributed by atoms with E-state index in [0.717, 1.165) is 4.90 Å². The molecule has 1 fully saturated rings. The predicted molar refractivity (Wildman–Crippen MR) is 64.0 cm³/mol. The molecule has 3 amide bonds.